The number of Topliss-reactive ketones (excluding diaryl/α,β-unsaturated/α-hetero) is 1. The number of ether oxygens (including phenoxy) is 1. The summed E-state index contributed by atoms with van der Waals surface area (Å²) in [5.41, 5.74) is 0.419. The standard InChI is InChI=1S/C19H19F3N2O5S/c1-13(25)14-7-9-16(10-8-14)30(27,28)24(2)12-18(26)23-11-15-5-3-4-6-17(15)29-19(20,21)22/h3-10H,11-12H2,1-2H3,(H,23,26). The maximum atomic E-state index is 12.5. The molecule has 1 N–H and O–H groups in total. The number of nitrogens with one attached hydrogen (secondary N) is 1. The Bertz CT molecular complexity index is 1020. The fourth-order valence-electron chi connectivity index (χ4n) is 2.45. The normalized spacial score (nSPS) is 11.9. The number of rotatable bonds is 8. The fourth-order valence-corrected chi connectivity index (χ4v) is 3.58. The van der Waals surface area contributed by atoms with Gasteiger partial charge in [0.2, 0.25) is 15.9 Å². The Kier molecular flexibility index (Phi) is 7.21. The second-order valence-electron chi connectivity index (χ2n) is 6.27. The lowest BCUT2D eigenvalue weighted by Crippen LogP contribution is -2.38. The van der Waals surface area contributed by atoms with Crippen LogP contribution in [0.25, 0.3) is 0 Å². The molecule has 11 heteroatoms. The van der Waals surface area contributed by atoms with Gasteiger partial charge in [0.15, 0.2) is 5.78 Å². The van der Waals surface area contributed by atoms with Gasteiger partial charge in [0.05, 0.1) is 11.4 Å². The zero-order valence-corrected chi connectivity index (χ0v) is 16.9. The van der Waals surface area contributed by atoms with Gasteiger partial charge in [-0.3, -0.25) is 9.59 Å². The highest BCUT2D eigenvalue weighted by Crippen LogP contribution is 2.26. The molecule has 0 saturated heterocycles. The molecule has 7 nitrogen and oxygen atoms in total. The minimum absolute atomic E-state index is 0.0773. The summed E-state index contributed by atoms with van der Waals surface area (Å²) in [7, 11) is -2.81. The van der Waals surface area contributed by atoms with Gasteiger partial charge in [0.1, 0.15) is 5.75 Å². The van der Waals surface area contributed by atoms with Crippen LogP contribution in [0.1, 0.15) is 22.8 Å². The highest BCUT2D eigenvalue weighted by atomic mass is 32.2. The molecule has 2 aromatic carbocycles. The van der Waals surface area contributed by atoms with E-state index in [1.54, 1.807) is 0 Å². The molecule has 0 aliphatic carbocycles. The number of amides is 1. The summed E-state index contributed by atoms with van der Waals surface area (Å²) in [6.07, 6.45) is -4.88. The first-order chi connectivity index (χ1) is 13.9. The second kappa shape index (κ2) is 9.26. The van der Waals surface area contributed by atoms with Crippen molar-refractivity contribution < 1.29 is 35.9 Å². The first-order valence-corrected chi connectivity index (χ1v) is 10.0. The molecule has 2 rings (SSSR count). The number of ketones is 1. The Morgan fingerprint density at radius 3 is 2.23 bits per heavy atom. The van der Waals surface area contributed by atoms with Crippen molar-refractivity contribution in [1.82, 2.24) is 9.62 Å². The molecule has 1 amide bonds. The summed E-state index contributed by atoms with van der Waals surface area (Å²) in [6, 6.07) is 10.5. The van der Waals surface area contributed by atoms with E-state index < -0.39 is 34.6 Å². The lowest BCUT2D eigenvalue weighted by atomic mass is 10.2. The first kappa shape index (κ1) is 23.4. The van der Waals surface area contributed by atoms with Crippen LogP contribution in [0.15, 0.2) is 53.4 Å². The number of sulfonamides is 1. The highest BCUT2D eigenvalue weighted by molar-refractivity contribution is 7.89. The summed E-state index contributed by atoms with van der Waals surface area (Å²) in [5.74, 6) is -1.40. The summed E-state index contributed by atoms with van der Waals surface area (Å²) in [6.45, 7) is 0.503. The third-order valence-corrected chi connectivity index (χ3v) is 5.83. The predicted molar refractivity (Wildman–Crippen MR) is 101 cm³/mol. The van der Waals surface area contributed by atoms with Crippen molar-refractivity contribution in [2.45, 2.75) is 24.7 Å². The van der Waals surface area contributed by atoms with Crippen LogP contribution in [-0.2, 0) is 21.4 Å². The Morgan fingerprint density at radius 1 is 1.07 bits per heavy atom. The van der Waals surface area contributed by atoms with E-state index in [1.165, 1.54) is 56.4 Å². The van der Waals surface area contributed by atoms with Crippen LogP contribution in [0.2, 0.25) is 0 Å². The van der Waals surface area contributed by atoms with Crippen LogP contribution in [0, 0.1) is 0 Å². The van der Waals surface area contributed by atoms with Gasteiger partial charge in [0.25, 0.3) is 0 Å². The van der Waals surface area contributed by atoms with Crippen LogP contribution in [0.5, 0.6) is 5.75 Å². The fraction of sp³-hybridized carbons (Fsp3) is 0.263. The molecule has 0 bridgehead atoms. The molecule has 2 aromatic rings. The summed E-state index contributed by atoms with van der Waals surface area (Å²) >= 11 is 0. The van der Waals surface area contributed by atoms with Crippen molar-refractivity contribution in [3.8, 4) is 5.75 Å². The zero-order valence-electron chi connectivity index (χ0n) is 16.1. The summed E-state index contributed by atoms with van der Waals surface area (Å²) < 4.78 is 67.2. The second-order valence-corrected chi connectivity index (χ2v) is 8.32. The third-order valence-electron chi connectivity index (χ3n) is 4.01. The van der Waals surface area contributed by atoms with Crippen LogP contribution < -0.4 is 10.1 Å². The number of alkyl halides is 3. The molecule has 0 radical (unpaired) electrons. The summed E-state index contributed by atoms with van der Waals surface area (Å²) in [4.78, 5) is 23.3. The molecule has 0 heterocycles. The van der Waals surface area contributed by atoms with Gasteiger partial charge in [-0.1, -0.05) is 30.3 Å². The SMILES string of the molecule is CC(=O)c1ccc(S(=O)(=O)N(C)CC(=O)NCc2ccccc2OC(F)(F)F)cc1. The van der Waals surface area contributed by atoms with Gasteiger partial charge in [0, 0.05) is 24.7 Å². The van der Waals surface area contributed by atoms with Crippen LogP contribution in [-0.4, -0.2) is 44.4 Å². The molecule has 0 fully saturated rings. The molecule has 162 valence electrons. The maximum absolute atomic E-state index is 12.5. The van der Waals surface area contributed by atoms with E-state index in [1.807, 2.05) is 0 Å². The number of benzene rings is 2. The lowest BCUT2D eigenvalue weighted by molar-refractivity contribution is -0.274. The number of halogens is 3. The maximum Gasteiger partial charge on any atom is 0.573 e. The van der Waals surface area contributed by atoms with E-state index in [-0.39, 0.29) is 22.8 Å². The summed E-state index contributed by atoms with van der Waals surface area (Å²) in [5, 5.41) is 2.37. The monoisotopic (exact) mass is 444 g/mol. The average Bonchev–Trinajstić information content (AvgIpc) is 2.66. The number of para-hydroxylation sites is 1. The number of hydrogen-bond donors (Lipinski definition) is 1. The Balaban J connectivity index is 2.02. The molecular formula is C19H19F3N2O5S. The van der Waals surface area contributed by atoms with Crippen LogP contribution in [0.4, 0.5) is 13.2 Å². The molecule has 0 atom stereocenters. The van der Waals surface area contributed by atoms with Gasteiger partial charge >= 0.3 is 6.36 Å². The van der Waals surface area contributed by atoms with E-state index >= 15 is 0 Å². The predicted octanol–water partition coefficient (Wildman–Crippen LogP) is 2.72. The highest BCUT2D eigenvalue weighted by Gasteiger charge is 2.32. The van der Waals surface area contributed by atoms with Crippen molar-refractivity contribution in [3.05, 3.63) is 59.7 Å². The Labute approximate surface area is 171 Å². The molecule has 0 aromatic heterocycles. The quantitative estimate of drug-likeness (QED) is 0.632. The minimum atomic E-state index is -4.88. The minimum Gasteiger partial charge on any atom is -0.405 e. The van der Waals surface area contributed by atoms with Crippen LogP contribution in [0.3, 0.4) is 0 Å². The van der Waals surface area contributed by atoms with E-state index in [4.69, 9.17) is 0 Å². The van der Waals surface area contributed by atoms with E-state index in [0.29, 0.717) is 5.56 Å². The van der Waals surface area contributed by atoms with Gasteiger partial charge in [-0.25, -0.2) is 8.42 Å². The van der Waals surface area contributed by atoms with Crippen molar-refractivity contribution in [2.75, 3.05) is 13.6 Å². The Morgan fingerprint density at radius 2 is 1.67 bits per heavy atom. The largest absolute Gasteiger partial charge is 0.573 e. The molecule has 0 saturated carbocycles. The van der Waals surface area contributed by atoms with Crippen LogP contribution >= 0.6 is 0 Å². The number of nitrogens with zero attached hydrogens (tertiary/aromatic N) is 1. The number of carbonyl (C=O) groups excluding carboxylic acids is 2. The molecule has 0 unspecified atom stereocenters. The first-order valence-electron chi connectivity index (χ1n) is 8.58. The molecule has 0 spiro atoms. The smallest absolute Gasteiger partial charge is 0.405 e. The molecule has 30 heavy (non-hydrogen) atoms. The van der Waals surface area contributed by atoms with Crippen molar-refractivity contribution in [3.63, 3.8) is 0 Å². The zero-order chi connectivity index (χ0) is 22.5. The average molecular weight is 444 g/mol. The van der Waals surface area contributed by atoms with Crippen molar-refractivity contribution in [2.24, 2.45) is 0 Å². The van der Waals surface area contributed by atoms with Gasteiger partial charge < -0.3 is 10.1 Å². The Hall–Kier alpha value is -2.92. The molecule has 0 aliphatic heterocycles. The van der Waals surface area contributed by atoms with Gasteiger partial charge in [-0.2, -0.15) is 4.31 Å². The third kappa shape index (κ3) is 6.29. The van der Waals surface area contributed by atoms with E-state index in [0.717, 1.165) is 10.4 Å². The topological polar surface area (TPSA) is 92.8 Å². The van der Waals surface area contributed by atoms with Gasteiger partial charge in [-0.05, 0) is 25.1 Å². The molecule has 0 aliphatic rings. The number of hydrogen-bond acceptors (Lipinski definition) is 5. The lowest BCUT2D eigenvalue weighted by Gasteiger charge is -2.18. The van der Waals surface area contributed by atoms with Crippen molar-refractivity contribution >= 4 is 21.7 Å². The van der Waals surface area contributed by atoms with E-state index in [9.17, 15) is 31.2 Å². The van der Waals surface area contributed by atoms with Gasteiger partial charge in [-0.15, -0.1) is 13.2 Å². The van der Waals surface area contributed by atoms with Crippen molar-refractivity contribution in [1.29, 1.82) is 0 Å². The van der Waals surface area contributed by atoms with E-state index in [2.05, 4.69) is 10.1 Å². The number of likely N-dealkylation sites (N-methyl/N-ethyl adjacent to an activating group) is 1. The molecular weight excluding hydrogens is 425 g/mol. The number of carbonyl (C=O) groups is 2.